The van der Waals surface area contributed by atoms with E-state index in [4.69, 9.17) is 0 Å². The zero-order valence-corrected chi connectivity index (χ0v) is 9.00. The molecule has 0 aliphatic rings. The molecule has 0 fully saturated rings. The van der Waals surface area contributed by atoms with Gasteiger partial charge in [-0.15, -0.1) is 0 Å². The Hall–Kier alpha value is -2.04. The first kappa shape index (κ1) is 12.4. The fourth-order valence-electron chi connectivity index (χ4n) is 1.58. The Labute approximate surface area is 100 Å². The summed E-state index contributed by atoms with van der Waals surface area (Å²) in [4.78, 5) is 0. The minimum absolute atomic E-state index is 0.156. The van der Waals surface area contributed by atoms with Crippen LogP contribution in [-0.2, 0) is 6.18 Å². The fourth-order valence-corrected chi connectivity index (χ4v) is 1.58. The van der Waals surface area contributed by atoms with Crippen LogP contribution in [-0.4, -0.2) is 5.11 Å². The third-order valence-corrected chi connectivity index (χ3v) is 2.48. The van der Waals surface area contributed by atoms with Gasteiger partial charge in [-0.3, -0.25) is 0 Å². The number of hydrogen-bond donors (Lipinski definition) is 1. The van der Waals surface area contributed by atoms with Crippen molar-refractivity contribution in [3.8, 4) is 16.9 Å². The second kappa shape index (κ2) is 4.33. The molecule has 0 radical (unpaired) electrons. The summed E-state index contributed by atoms with van der Waals surface area (Å²) in [5.41, 5.74) is -0.314. The molecule has 2 rings (SSSR count). The molecule has 0 aliphatic heterocycles. The van der Waals surface area contributed by atoms with Crippen molar-refractivity contribution in [1.82, 2.24) is 0 Å². The lowest BCUT2D eigenvalue weighted by Gasteiger charge is -2.08. The molecule has 0 saturated carbocycles. The van der Waals surface area contributed by atoms with Crippen LogP contribution in [0.1, 0.15) is 5.56 Å². The molecule has 0 aliphatic carbocycles. The average Bonchev–Trinajstić information content (AvgIpc) is 2.31. The number of rotatable bonds is 1. The Bertz CT molecular complexity index is 558. The zero-order valence-electron chi connectivity index (χ0n) is 9.00. The number of alkyl halides is 3. The van der Waals surface area contributed by atoms with E-state index in [1.165, 1.54) is 12.1 Å². The van der Waals surface area contributed by atoms with E-state index in [1.54, 1.807) is 0 Å². The Morgan fingerprint density at radius 1 is 0.889 bits per heavy atom. The minimum Gasteiger partial charge on any atom is -0.507 e. The molecule has 5 heteroatoms. The first-order chi connectivity index (χ1) is 8.38. The Balaban J connectivity index is 2.43. The Kier molecular flexibility index (Phi) is 2.98. The van der Waals surface area contributed by atoms with Crippen LogP contribution in [0.3, 0.4) is 0 Å². The molecule has 2 aromatic carbocycles. The molecule has 0 heterocycles. The summed E-state index contributed by atoms with van der Waals surface area (Å²) in [6.07, 6.45) is -4.41. The van der Waals surface area contributed by atoms with Crippen molar-refractivity contribution in [2.45, 2.75) is 6.18 Å². The van der Waals surface area contributed by atoms with E-state index in [2.05, 4.69) is 0 Å². The third-order valence-electron chi connectivity index (χ3n) is 2.48. The second-order valence-electron chi connectivity index (χ2n) is 3.74. The number of benzene rings is 2. The number of phenols is 1. The minimum atomic E-state index is -4.41. The first-order valence-corrected chi connectivity index (χ1v) is 5.04. The van der Waals surface area contributed by atoms with E-state index < -0.39 is 17.6 Å². The van der Waals surface area contributed by atoms with Crippen molar-refractivity contribution >= 4 is 0 Å². The maximum atomic E-state index is 13.0. The SMILES string of the molecule is Oc1ccc(F)cc1-c1ccc(C(F)(F)F)cc1. The van der Waals surface area contributed by atoms with E-state index >= 15 is 0 Å². The van der Waals surface area contributed by atoms with Crippen LogP contribution in [0, 0.1) is 5.82 Å². The van der Waals surface area contributed by atoms with Gasteiger partial charge >= 0.3 is 6.18 Å². The summed E-state index contributed by atoms with van der Waals surface area (Å²) in [7, 11) is 0. The molecule has 0 bridgehead atoms. The van der Waals surface area contributed by atoms with Crippen molar-refractivity contribution < 1.29 is 22.7 Å². The quantitative estimate of drug-likeness (QED) is 0.757. The highest BCUT2D eigenvalue weighted by Crippen LogP contribution is 2.33. The van der Waals surface area contributed by atoms with Gasteiger partial charge in [-0.25, -0.2) is 4.39 Å². The zero-order chi connectivity index (χ0) is 13.3. The maximum absolute atomic E-state index is 13.0. The van der Waals surface area contributed by atoms with Gasteiger partial charge in [0.05, 0.1) is 5.56 Å². The summed E-state index contributed by atoms with van der Waals surface area (Å²) in [5, 5.41) is 9.53. The van der Waals surface area contributed by atoms with Gasteiger partial charge in [-0.05, 0) is 35.9 Å². The highest BCUT2D eigenvalue weighted by molar-refractivity contribution is 5.70. The molecule has 1 nitrogen and oxygen atoms in total. The lowest BCUT2D eigenvalue weighted by Crippen LogP contribution is -2.03. The normalized spacial score (nSPS) is 11.6. The second-order valence-corrected chi connectivity index (χ2v) is 3.74. The fraction of sp³-hybridized carbons (Fsp3) is 0.0769. The molecule has 0 atom stereocenters. The first-order valence-electron chi connectivity index (χ1n) is 5.04. The van der Waals surface area contributed by atoms with Gasteiger partial charge in [0.2, 0.25) is 0 Å². The van der Waals surface area contributed by atoms with Crippen LogP contribution in [0.25, 0.3) is 11.1 Å². The van der Waals surface area contributed by atoms with Gasteiger partial charge in [-0.2, -0.15) is 13.2 Å². The highest BCUT2D eigenvalue weighted by atomic mass is 19.4. The third kappa shape index (κ3) is 2.45. The highest BCUT2D eigenvalue weighted by Gasteiger charge is 2.30. The average molecular weight is 256 g/mol. The topological polar surface area (TPSA) is 20.2 Å². The summed E-state index contributed by atoms with van der Waals surface area (Å²) in [6, 6.07) is 7.46. The van der Waals surface area contributed by atoms with Gasteiger partial charge < -0.3 is 5.11 Å². The van der Waals surface area contributed by atoms with E-state index in [9.17, 15) is 22.7 Å². The molecule has 0 spiro atoms. The number of phenolic OH excluding ortho intramolecular Hbond substituents is 1. The molecule has 0 saturated heterocycles. The van der Waals surface area contributed by atoms with E-state index in [0.29, 0.717) is 5.56 Å². The van der Waals surface area contributed by atoms with Crippen LogP contribution < -0.4 is 0 Å². The molecule has 0 unspecified atom stereocenters. The Morgan fingerprint density at radius 3 is 2.06 bits per heavy atom. The van der Waals surface area contributed by atoms with Crippen molar-refractivity contribution in [2.75, 3.05) is 0 Å². The van der Waals surface area contributed by atoms with Crippen molar-refractivity contribution in [2.24, 2.45) is 0 Å². The van der Waals surface area contributed by atoms with E-state index in [-0.39, 0.29) is 11.3 Å². The predicted molar refractivity (Wildman–Crippen MR) is 58.5 cm³/mol. The number of hydrogen-bond acceptors (Lipinski definition) is 1. The lowest BCUT2D eigenvalue weighted by molar-refractivity contribution is -0.137. The van der Waals surface area contributed by atoms with Crippen LogP contribution in [0.4, 0.5) is 17.6 Å². The van der Waals surface area contributed by atoms with E-state index in [1.807, 2.05) is 0 Å². The van der Waals surface area contributed by atoms with Gasteiger partial charge in [0.25, 0.3) is 0 Å². The van der Waals surface area contributed by atoms with Crippen LogP contribution in [0.15, 0.2) is 42.5 Å². The molecule has 0 amide bonds. The Morgan fingerprint density at radius 2 is 1.50 bits per heavy atom. The van der Waals surface area contributed by atoms with Crippen LogP contribution >= 0.6 is 0 Å². The summed E-state index contributed by atoms with van der Waals surface area (Å²) in [5.74, 6) is -0.751. The monoisotopic (exact) mass is 256 g/mol. The molecular weight excluding hydrogens is 248 g/mol. The lowest BCUT2D eigenvalue weighted by atomic mass is 10.0. The van der Waals surface area contributed by atoms with Crippen molar-refractivity contribution in [3.63, 3.8) is 0 Å². The summed E-state index contributed by atoms with van der Waals surface area (Å²) in [6.45, 7) is 0. The van der Waals surface area contributed by atoms with Gasteiger partial charge in [-0.1, -0.05) is 12.1 Å². The van der Waals surface area contributed by atoms with Crippen molar-refractivity contribution in [3.05, 3.63) is 53.8 Å². The number of aromatic hydroxyl groups is 1. The van der Waals surface area contributed by atoms with Gasteiger partial charge in [0, 0.05) is 5.56 Å². The summed E-state index contributed by atoms with van der Waals surface area (Å²) < 4.78 is 50.1. The standard InChI is InChI=1S/C13H8F4O/c14-10-5-6-12(18)11(7-10)8-1-3-9(4-2-8)13(15,16)17/h1-7,18H. The summed E-state index contributed by atoms with van der Waals surface area (Å²) >= 11 is 0. The van der Waals surface area contributed by atoms with E-state index in [0.717, 1.165) is 30.3 Å². The van der Waals surface area contributed by atoms with Gasteiger partial charge in [0.1, 0.15) is 11.6 Å². The molecule has 18 heavy (non-hydrogen) atoms. The smallest absolute Gasteiger partial charge is 0.416 e. The predicted octanol–water partition coefficient (Wildman–Crippen LogP) is 4.22. The molecular formula is C13H8F4O. The van der Waals surface area contributed by atoms with Crippen molar-refractivity contribution in [1.29, 1.82) is 0 Å². The van der Waals surface area contributed by atoms with Crippen LogP contribution in [0.2, 0.25) is 0 Å². The number of halogens is 4. The molecule has 94 valence electrons. The molecule has 2 aromatic rings. The van der Waals surface area contributed by atoms with Crippen LogP contribution in [0.5, 0.6) is 5.75 Å². The molecule has 0 aromatic heterocycles. The van der Waals surface area contributed by atoms with Gasteiger partial charge in [0.15, 0.2) is 0 Å². The molecule has 1 N–H and O–H groups in total. The maximum Gasteiger partial charge on any atom is 0.416 e. The largest absolute Gasteiger partial charge is 0.507 e.